The number of sulfonamides is 1. The van der Waals surface area contributed by atoms with Gasteiger partial charge < -0.3 is 10.1 Å². The van der Waals surface area contributed by atoms with Gasteiger partial charge in [-0.2, -0.15) is 0 Å². The molecule has 0 aliphatic carbocycles. The monoisotopic (exact) mass is 390 g/mol. The highest BCUT2D eigenvalue weighted by atomic mass is 32.2. The minimum absolute atomic E-state index is 0.181. The Bertz CT molecular complexity index is 882. The summed E-state index contributed by atoms with van der Waals surface area (Å²) in [4.78, 5) is 12.6. The van der Waals surface area contributed by atoms with Crippen LogP contribution in [0.1, 0.15) is 30.5 Å². The van der Waals surface area contributed by atoms with Crippen LogP contribution in [0.2, 0.25) is 0 Å². The van der Waals surface area contributed by atoms with Gasteiger partial charge in [-0.05, 0) is 36.6 Å². The highest BCUT2D eigenvalue weighted by molar-refractivity contribution is 7.92. The highest BCUT2D eigenvalue weighted by Gasteiger charge is 2.25. The first-order valence-electron chi connectivity index (χ1n) is 8.73. The van der Waals surface area contributed by atoms with Crippen molar-refractivity contribution >= 4 is 21.6 Å². The SMILES string of the molecule is CC[C@@H](NC(=O)CN(c1cc(C)ccc1OC)S(C)(=O)=O)c1ccccc1. The Morgan fingerprint density at radius 3 is 2.41 bits per heavy atom. The number of rotatable bonds is 8. The Labute approximate surface area is 161 Å². The number of ether oxygens (including phenoxy) is 1. The van der Waals surface area contributed by atoms with Crippen LogP contribution in [0.3, 0.4) is 0 Å². The molecule has 2 aromatic carbocycles. The number of benzene rings is 2. The number of carbonyl (C=O) groups excluding carboxylic acids is 1. The van der Waals surface area contributed by atoms with Crippen molar-refractivity contribution in [2.45, 2.75) is 26.3 Å². The molecule has 0 unspecified atom stereocenters. The zero-order chi connectivity index (χ0) is 20.0. The molecule has 0 heterocycles. The summed E-state index contributed by atoms with van der Waals surface area (Å²) in [7, 11) is -2.21. The Kier molecular flexibility index (Phi) is 6.85. The fourth-order valence-corrected chi connectivity index (χ4v) is 3.70. The summed E-state index contributed by atoms with van der Waals surface area (Å²) in [5.74, 6) is 0.0219. The maximum atomic E-state index is 12.6. The number of methoxy groups -OCH3 is 1. The third kappa shape index (κ3) is 5.47. The molecule has 27 heavy (non-hydrogen) atoms. The summed E-state index contributed by atoms with van der Waals surface area (Å²) in [6, 6.07) is 14.6. The van der Waals surface area contributed by atoms with Crippen LogP contribution in [0.15, 0.2) is 48.5 Å². The number of carbonyl (C=O) groups is 1. The molecule has 6 nitrogen and oxygen atoms in total. The van der Waals surface area contributed by atoms with E-state index in [0.717, 1.165) is 21.7 Å². The summed E-state index contributed by atoms with van der Waals surface area (Å²) in [6.07, 6.45) is 1.78. The lowest BCUT2D eigenvalue weighted by Crippen LogP contribution is -2.41. The maximum absolute atomic E-state index is 12.6. The van der Waals surface area contributed by atoms with E-state index in [-0.39, 0.29) is 18.5 Å². The average molecular weight is 391 g/mol. The van der Waals surface area contributed by atoms with E-state index in [1.165, 1.54) is 7.11 Å². The number of anilines is 1. The summed E-state index contributed by atoms with van der Waals surface area (Å²) < 4.78 is 31.1. The van der Waals surface area contributed by atoms with E-state index in [2.05, 4.69) is 5.32 Å². The summed E-state index contributed by atoms with van der Waals surface area (Å²) in [5.41, 5.74) is 2.20. The van der Waals surface area contributed by atoms with E-state index in [0.29, 0.717) is 17.9 Å². The number of hydrogen-bond donors (Lipinski definition) is 1. The van der Waals surface area contributed by atoms with Gasteiger partial charge in [0, 0.05) is 0 Å². The van der Waals surface area contributed by atoms with Gasteiger partial charge in [0.2, 0.25) is 15.9 Å². The van der Waals surface area contributed by atoms with E-state index in [4.69, 9.17) is 4.74 Å². The van der Waals surface area contributed by atoms with Gasteiger partial charge in [0.25, 0.3) is 0 Å². The lowest BCUT2D eigenvalue weighted by molar-refractivity contribution is -0.120. The zero-order valence-electron chi connectivity index (χ0n) is 16.1. The molecule has 0 spiro atoms. The third-order valence-corrected chi connectivity index (χ3v) is 5.36. The van der Waals surface area contributed by atoms with Crippen molar-refractivity contribution in [2.75, 3.05) is 24.2 Å². The lowest BCUT2D eigenvalue weighted by Gasteiger charge is -2.25. The predicted octanol–water partition coefficient (Wildman–Crippen LogP) is 3.04. The van der Waals surface area contributed by atoms with Gasteiger partial charge >= 0.3 is 0 Å². The quantitative estimate of drug-likeness (QED) is 0.752. The molecular formula is C20H26N2O4S. The van der Waals surface area contributed by atoms with E-state index >= 15 is 0 Å². The minimum Gasteiger partial charge on any atom is -0.495 e. The molecule has 0 bridgehead atoms. The van der Waals surface area contributed by atoms with Crippen LogP contribution in [0.25, 0.3) is 0 Å². The molecule has 0 aliphatic rings. The van der Waals surface area contributed by atoms with E-state index < -0.39 is 10.0 Å². The molecule has 1 amide bonds. The first-order chi connectivity index (χ1) is 12.8. The van der Waals surface area contributed by atoms with Crippen molar-refractivity contribution in [3.8, 4) is 5.75 Å². The fourth-order valence-electron chi connectivity index (χ4n) is 2.85. The number of amides is 1. The molecule has 2 rings (SSSR count). The second-order valence-corrected chi connectivity index (χ2v) is 8.29. The van der Waals surface area contributed by atoms with Crippen molar-refractivity contribution in [3.05, 3.63) is 59.7 Å². The van der Waals surface area contributed by atoms with Crippen LogP contribution in [0.5, 0.6) is 5.75 Å². The van der Waals surface area contributed by atoms with Crippen LogP contribution in [0.4, 0.5) is 5.69 Å². The minimum atomic E-state index is -3.68. The summed E-state index contributed by atoms with van der Waals surface area (Å²) >= 11 is 0. The number of nitrogens with zero attached hydrogens (tertiary/aromatic N) is 1. The highest BCUT2D eigenvalue weighted by Crippen LogP contribution is 2.31. The average Bonchev–Trinajstić information content (AvgIpc) is 2.64. The van der Waals surface area contributed by atoms with Gasteiger partial charge in [0.1, 0.15) is 12.3 Å². The molecule has 0 saturated heterocycles. The smallest absolute Gasteiger partial charge is 0.241 e. The number of nitrogens with one attached hydrogen (secondary N) is 1. The van der Waals surface area contributed by atoms with Gasteiger partial charge in [0.15, 0.2) is 0 Å². The zero-order valence-corrected chi connectivity index (χ0v) is 16.9. The van der Waals surface area contributed by atoms with Crippen molar-refractivity contribution in [1.82, 2.24) is 5.32 Å². The fraction of sp³-hybridized carbons (Fsp3) is 0.350. The maximum Gasteiger partial charge on any atom is 0.241 e. The normalized spacial score (nSPS) is 12.3. The second kappa shape index (κ2) is 8.90. The second-order valence-electron chi connectivity index (χ2n) is 6.38. The molecule has 146 valence electrons. The van der Waals surface area contributed by atoms with Gasteiger partial charge in [-0.1, -0.05) is 43.3 Å². The van der Waals surface area contributed by atoms with E-state index in [9.17, 15) is 13.2 Å². The van der Waals surface area contributed by atoms with E-state index in [1.54, 1.807) is 12.1 Å². The standard InChI is InChI=1S/C20H26N2O4S/c1-5-17(16-9-7-6-8-10-16)21-20(23)14-22(27(4,24)25)18-13-15(2)11-12-19(18)26-3/h6-13,17H,5,14H2,1-4H3,(H,21,23)/t17-/m1/s1. The van der Waals surface area contributed by atoms with Crippen molar-refractivity contribution < 1.29 is 17.9 Å². The van der Waals surface area contributed by atoms with Gasteiger partial charge in [-0.15, -0.1) is 0 Å². The Morgan fingerprint density at radius 1 is 1.19 bits per heavy atom. The van der Waals surface area contributed by atoms with Crippen LogP contribution in [-0.4, -0.2) is 34.2 Å². The lowest BCUT2D eigenvalue weighted by atomic mass is 10.0. The van der Waals surface area contributed by atoms with Crippen LogP contribution in [0, 0.1) is 6.92 Å². The molecule has 2 aromatic rings. The molecule has 1 atom stereocenters. The Morgan fingerprint density at radius 2 is 1.85 bits per heavy atom. The van der Waals surface area contributed by atoms with Crippen molar-refractivity contribution in [2.24, 2.45) is 0 Å². The summed E-state index contributed by atoms with van der Waals surface area (Å²) in [5, 5.41) is 2.92. The van der Waals surface area contributed by atoms with Gasteiger partial charge in [-0.3, -0.25) is 9.10 Å². The number of hydrogen-bond acceptors (Lipinski definition) is 4. The topological polar surface area (TPSA) is 75.7 Å². The molecule has 0 radical (unpaired) electrons. The molecule has 0 saturated carbocycles. The van der Waals surface area contributed by atoms with Gasteiger partial charge in [0.05, 0.1) is 25.1 Å². The molecular weight excluding hydrogens is 364 g/mol. The Hall–Kier alpha value is -2.54. The summed E-state index contributed by atoms with van der Waals surface area (Å²) in [6.45, 7) is 3.50. The molecule has 0 aromatic heterocycles. The van der Waals surface area contributed by atoms with Crippen LogP contribution >= 0.6 is 0 Å². The first-order valence-corrected chi connectivity index (χ1v) is 10.6. The van der Waals surface area contributed by atoms with Crippen LogP contribution < -0.4 is 14.4 Å². The largest absolute Gasteiger partial charge is 0.495 e. The Balaban J connectivity index is 2.27. The molecule has 1 N–H and O–H groups in total. The van der Waals surface area contributed by atoms with Crippen LogP contribution in [-0.2, 0) is 14.8 Å². The van der Waals surface area contributed by atoms with E-state index in [1.807, 2.05) is 50.2 Å². The van der Waals surface area contributed by atoms with Crippen molar-refractivity contribution in [3.63, 3.8) is 0 Å². The van der Waals surface area contributed by atoms with Gasteiger partial charge in [-0.25, -0.2) is 8.42 Å². The molecule has 7 heteroatoms. The number of aryl methyl sites for hydroxylation is 1. The third-order valence-electron chi connectivity index (χ3n) is 4.24. The van der Waals surface area contributed by atoms with Crippen molar-refractivity contribution in [1.29, 1.82) is 0 Å². The predicted molar refractivity (Wildman–Crippen MR) is 108 cm³/mol. The molecule has 0 fully saturated rings. The molecule has 0 aliphatic heterocycles. The first kappa shape index (κ1) is 20.8.